The number of Topliss-reactive ketones (excluding diaryl/α,β-unsaturated/α-hetero) is 1. The Bertz CT molecular complexity index is 606. The molecule has 0 unspecified atom stereocenters. The smallest absolute Gasteiger partial charge is 0.219 e. The molecule has 0 spiro atoms. The molecule has 1 aromatic carbocycles. The molecular weight excluding hydrogens is 248 g/mol. The molecule has 0 aliphatic carbocycles. The molecule has 1 aliphatic rings. The van der Waals surface area contributed by atoms with Crippen molar-refractivity contribution >= 4 is 16.7 Å². The van der Waals surface area contributed by atoms with Crippen LogP contribution in [0, 0.1) is 11.8 Å². The number of likely N-dealkylation sites (tertiary alicyclic amines) is 1. The van der Waals surface area contributed by atoms with Gasteiger partial charge in [-0.3, -0.25) is 4.79 Å². The molecule has 1 aliphatic heterocycles. The summed E-state index contributed by atoms with van der Waals surface area (Å²) in [5.41, 5.74) is 1.89. The number of para-hydroxylation sites is 1. The van der Waals surface area contributed by atoms with Crippen LogP contribution in [0.3, 0.4) is 0 Å². The first kappa shape index (κ1) is 13.4. The Hall–Kier alpha value is -1.61. The number of aromatic amines is 1. The average Bonchev–Trinajstić information content (AvgIpc) is 2.81. The van der Waals surface area contributed by atoms with Crippen molar-refractivity contribution in [3.8, 4) is 0 Å². The van der Waals surface area contributed by atoms with Gasteiger partial charge in [-0.2, -0.15) is 0 Å². The van der Waals surface area contributed by atoms with Crippen LogP contribution in [0.25, 0.3) is 10.9 Å². The van der Waals surface area contributed by atoms with Crippen LogP contribution in [0.4, 0.5) is 0 Å². The van der Waals surface area contributed by atoms with Crippen molar-refractivity contribution in [1.29, 1.82) is 0 Å². The van der Waals surface area contributed by atoms with Crippen LogP contribution in [-0.4, -0.2) is 30.4 Å². The minimum Gasteiger partial charge on any atom is -0.360 e. The van der Waals surface area contributed by atoms with Crippen LogP contribution < -0.4 is 4.90 Å². The molecule has 0 radical (unpaired) electrons. The van der Waals surface area contributed by atoms with E-state index in [0.29, 0.717) is 6.54 Å². The largest absolute Gasteiger partial charge is 0.360 e. The lowest BCUT2D eigenvalue weighted by Crippen LogP contribution is -3.15. The number of rotatable bonds is 3. The van der Waals surface area contributed by atoms with Gasteiger partial charge in [-0.25, -0.2) is 0 Å². The number of nitrogens with one attached hydrogen (secondary N) is 2. The lowest BCUT2D eigenvalue weighted by Gasteiger charge is -2.31. The number of H-pyrrole nitrogens is 1. The van der Waals surface area contributed by atoms with Crippen molar-refractivity contribution in [3.05, 3.63) is 36.0 Å². The highest BCUT2D eigenvalue weighted by Gasteiger charge is 2.27. The molecule has 20 heavy (non-hydrogen) atoms. The average molecular weight is 271 g/mol. The van der Waals surface area contributed by atoms with Crippen LogP contribution in [0.1, 0.15) is 30.6 Å². The number of fused-ring (bicyclic) bond motifs is 1. The van der Waals surface area contributed by atoms with Crippen LogP contribution in [0.2, 0.25) is 0 Å². The highest BCUT2D eigenvalue weighted by molar-refractivity contribution is 6.08. The maximum atomic E-state index is 12.6. The lowest BCUT2D eigenvalue weighted by molar-refractivity contribution is -0.903. The van der Waals surface area contributed by atoms with Gasteiger partial charge in [0.05, 0.1) is 13.1 Å². The van der Waals surface area contributed by atoms with E-state index in [1.165, 1.54) is 11.3 Å². The first-order valence-corrected chi connectivity index (χ1v) is 7.56. The fourth-order valence-corrected chi connectivity index (χ4v) is 3.69. The Morgan fingerprint density at radius 2 is 1.95 bits per heavy atom. The van der Waals surface area contributed by atoms with E-state index in [0.717, 1.165) is 41.4 Å². The third-order valence-electron chi connectivity index (χ3n) is 4.38. The van der Waals surface area contributed by atoms with E-state index in [-0.39, 0.29) is 5.78 Å². The second-order valence-corrected chi connectivity index (χ2v) is 6.45. The van der Waals surface area contributed by atoms with Crippen LogP contribution in [0.15, 0.2) is 30.5 Å². The highest BCUT2D eigenvalue weighted by atomic mass is 16.1. The third-order valence-corrected chi connectivity index (χ3v) is 4.38. The standard InChI is InChI=1S/C17H22N2O/c1-12-7-13(2)10-19(9-12)11-17(20)15-8-18-16-6-4-3-5-14(15)16/h3-6,8,12-13,18H,7,9-11H2,1-2H3/p+1/t12-,13-/m1/s1. The molecule has 2 N–H and O–H groups in total. The summed E-state index contributed by atoms with van der Waals surface area (Å²) in [6.45, 7) is 7.46. The van der Waals surface area contributed by atoms with Crippen molar-refractivity contribution in [2.24, 2.45) is 11.8 Å². The monoisotopic (exact) mass is 271 g/mol. The van der Waals surface area contributed by atoms with Crippen molar-refractivity contribution in [3.63, 3.8) is 0 Å². The summed E-state index contributed by atoms with van der Waals surface area (Å²) in [7, 11) is 0. The van der Waals surface area contributed by atoms with Crippen molar-refractivity contribution in [2.75, 3.05) is 19.6 Å². The molecule has 1 fully saturated rings. The molecule has 3 rings (SSSR count). The van der Waals surface area contributed by atoms with E-state index in [1.54, 1.807) is 0 Å². The normalized spacial score (nSPS) is 26.8. The molecule has 2 atom stereocenters. The topological polar surface area (TPSA) is 37.3 Å². The molecule has 1 aromatic heterocycles. The molecular formula is C17H23N2O+. The zero-order valence-corrected chi connectivity index (χ0v) is 12.3. The summed E-state index contributed by atoms with van der Waals surface area (Å²) in [6.07, 6.45) is 3.16. The van der Waals surface area contributed by atoms with Gasteiger partial charge in [0.1, 0.15) is 6.54 Å². The van der Waals surface area contributed by atoms with Crippen molar-refractivity contribution in [1.82, 2.24) is 4.98 Å². The van der Waals surface area contributed by atoms with Gasteiger partial charge in [0.15, 0.2) is 0 Å². The van der Waals surface area contributed by atoms with E-state index < -0.39 is 0 Å². The molecule has 1 saturated heterocycles. The molecule has 2 heterocycles. The SMILES string of the molecule is C[C@@H]1C[C@@H](C)C[NH+](CC(=O)c2c[nH]c3ccccc23)C1. The summed E-state index contributed by atoms with van der Waals surface area (Å²) >= 11 is 0. The van der Waals surface area contributed by atoms with Gasteiger partial charge in [-0.05, 0) is 12.5 Å². The van der Waals surface area contributed by atoms with Gasteiger partial charge >= 0.3 is 0 Å². The highest BCUT2D eigenvalue weighted by Crippen LogP contribution is 2.18. The predicted molar refractivity (Wildman–Crippen MR) is 81.1 cm³/mol. The first-order valence-electron chi connectivity index (χ1n) is 7.56. The zero-order valence-electron chi connectivity index (χ0n) is 12.3. The number of benzene rings is 1. The summed E-state index contributed by atoms with van der Waals surface area (Å²) in [6, 6.07) is 8.02. The number of hydrogen-bond acceptors (Lipinski definition) is 1. The summed E-state index contributed by atoms with van der Waals surface area (Å²) in [5.74, 6) is 1.72. The van der Waals surface area contributed by atoms with Gasteiger partial charge in [-0.1, -0.05) is 32.0 Å². The Kier molecular flexibility index (Phi) is 3.62. The number of carbonyl (C=O) groups excluding carboxylic acids is 1. The minimum absolute atomic E-state index is 0.263. The Balaban J connectivity index is 1.76. The van der Waals surface area contributed by atoms with Crippen LogP contribution in [0.5, 0.6) is 0 Å². The van der Waals surface area contributed by atoms with Gasteiger partial charge in [0.2, 0.25) is 5.78 Å². The third kappa shape index (κ3) is 2.63. The Morgan fingerprint density at radius 1 is 1.25 bits per heavy atom. The maximum Gasteiger partial charge on any atom is 0.219 e. The van der Waals surface area contributed by atoms with Gasteiger partial charge in [0.25, 0.3) is 0 Å². The van der Waals surface area contributed by atoms with Crippen LogP contribution >= 0.6 is 0 Å². The van der Waals surface area contributed by atoms with Crippen molar-refractivity contribution in [2.45, 2.75) is 20.3 Å². The van der Waals surface area contributed by atoms with Crippen LogP contribution in [-0.2, 0) is 0 Å². The second kappa shape index (κ2) is 5.41. The molecule has 3 heteroatoms. The van der Waals surface area contributed by atoms with E-state index >= 15 is 0 Å². The summed E-state index contributed by atoms with van der Waals surface area (Å²) in [4.78, 5) is 17.2. The van der Waals surface area contributed by atoms with E-state index in [2.05, 4.69) is 18.8 Å². The summed E-state index contributed by atoms with van der Waals surface area (Å²) in [5, 5.41) is 1.05. The lowest BCUT2D eigenvalue weighted by atomic mass is 9.91. The quantitative estimate of drug-likeness (QED) is 0.822. The van der Waals surface area contributed by atoms with Gasteiger partial charge in [0, 0.05) is 34.5 Å². The number of quaternary nitrogens is 1. The fourth-order valence-electron chi connectivity index (χ4n) is 3.69. The molecule has 0 saturated carbocycles. The Morgan fingerprint density at radius 3 is 2.70 bits per heavy atom. The van der Waals surface area contributed by atoms with Crippen molar-refractivity contribution < 1.29 is 9.69 Å². The first-order chi connectivity index (χ1) is 9.63. The number of carbonyl (C=O) groups is 1. The fraction of sp³-hybridized carbons (Fsp3) is 0.471. The van der Waals surface area contributed by atoms with Gasteiger partial charge < -0.3 is 9.88 Å². The molecule has 106 valence electrons. The number of ketones is 1. The van der Waals surface area contributed by atoms with E-state index in [1.807, 2.05) is 30.5 Å². The molecule has 0 bridgehead atoms. The Labute approximate surface area is 120 Å². The van der Waals surface area contributed by atoms with E-state index in [9.17, 15) is 4.79 Å². The summed E-state index contributed by atoms with van der Waals surface area (Å²) < 4.78 is 0. The van der Waals surface area contributed by atoms with E-state index in [4.69, 9.17) is 0 Å². The maximum absolute atomic E-state index is 12.6. The number of hydrogen-bond donors (Lipinski definition) is 2. The minimum atomic E-state index is 0.263. The second-order valence-electron chi connectivity index (χ2n) is 6.45. The number of piperidine rings is 1. The molecule has 0 amide bonds. The zero-order chi connectivity index (χ0) is 14.1. The molecule has 3 nitrogen and oxygen atoms in total. The molecule has 2 aromatic rings. The number of aromatic nitrogens is 1. The van der Waals surface area contributed by atoms with Gasteiger partial charge in [-0.15, -0.1) is 0 Å². The predicted octanol–water partition coefficient (Wildman–Crippen LogP) is 1.91.